The van der Waals surface area contributed by atoms with E-state index in [1.807, 2.05) is 24.0 Å². The number of ether oxygens (including phenoxy) is 1. The number of aromatic hydroxyl groups is 1. The number of phenolic OH excluding ortho intramolecular Hbond substituents is 1. The first kappa shape index (κ1) is 47.0. The van der Waals surface area contributed by atoms with Crippen molar-refractivity contribution in [2.45, 2.75) is 109 Å². The summed E-state index contributed by atoms with van der Waals surface area (Å²) in [5.74, 6) is -1.59. The molecule has 1 spiro atoms. The van der Waals surface area contributed by atoms with Crippen molar-refractivity contribution in [2.24, 2.45) is 10.8 Å². The zero-order valence-electron chi connectivity index (χ0n) is 41.2. The van der Waals surface area contributed by atoms with Gasteiger partial charge >= 0.3 is 6.01 Å². The van der Waals surface area contributed by atoms with E-state index in [1.165, 1.54) is 18.3 Å². The lowest BCUT2D eigenvalue weighted by Crippen LogP contribution is -2.64. The van der Waals surface area contributed by atoms with E-state index in [9.17, 15) is 24.6 Å². The normalized spacial score (nSPS) is 24.5. The lowest BCUT2D eigenvalue weighted by molar-refractivity contribution is -0.136. The van der Waals surface area contributed by atoms with Crippen molar-refractivity contribution >= 4 is 50.9 Å². The standard InChI is InChI=1S/C55H63F2N9O6/c1-3-38-42(56)8-5-33-24-37(67)25-40(45(33)38)47-46(57)48-41(26-58-47)49(64-18-4-13-53(2,71)28-64)61-52(60-48)72-32-55(14-15-55)29-62-19-11-35(12-20-62)65-30-54(31-65)16-21-63(22-17-54)36-6-7-39-34(23-36)27-66(51(39)70)43-9-10-44(68)59-50(43)69/h5-8,23-26,35,43,67,71H,3-4,9-22,27-32H2,1-2H3,(H,59,68,69)/t43?,53-/m1/s1. The minimum atomic E-state index is -0.965. The summed E-state index contributed by atoms with van der Waals surface area (Å²) < 4.78 is 38.8. The maximum absolute atomic E-state index is 17.2. The topological polar surface area (TPSA) is 168 Å². The van der Waals surface area contributed by atoms with Gasteiger partial charge in [-0.1, -0.05) is 13.0 Å². The van der Waals surface area contributed by atoms with Crippen LogP contribution < -0.4 is 19.9 Å². The Morgan fingerprint density at radius 3 is 2.40 bits per heavy atom. The molecule has 1 aliphatic carbocycles. The Hall–Kier alpha value is -6.04. The first-order valence-electron chi connectivity index (χ1n) is 26.1. The second-order valence-electron chi connectivity index (χ2n) is 22.4. The number of rotatable bonds is 11. The Labute approximate surface area is 417 Å². The third-order valence-electron chi connectivity index (χ3n) is 17.3. The Balaban J connectivity index is 0.676. The third-order valence-corrected chi connectivity index (χ3v) is 17.3. The van der Waals surface area contributed by atoms with Gasteiger partial charge in [0.1, 0.15) is 34.6 Å². The van der Waals surface area contributed by atoms with Crippen LogP contribution in [0.3, 0.4) is 0 Å². The monoisotopic (exact) mass is 983 g/mol. The fourth-order valence-corrected chi connectivity index (χ4v) is 13.0. The SMILES string of the molecule is CCc1c(F)ccc2cc(O)cc(-c3ncc4c(N5CCC[C@@](C)(O)C5)nc(OCC5(CN6CCC(N7CC8(CCN(c9ccc%10c(c9)CN(C9CCC(=O)NC9=O)C%10=O)CC8)C7)CC6)CC5)nc4c3F)c12. The van der Waals surface area contributed by atoms with Gasteiger partial charge in [-0.3, -0.25) is 29.6 Å². The molecular weight excluding hydrogens is 921 g/mol. The maximum Gasteiger partial charge on any atom is 0.319 e. The molecule has 15 nitrogen and oxygen atoms in total. The van der Waals surface area contributed by atoms with E-state index in [2.05, 4.69) is 31.1 Å². The van der Waals surface area contributed by atoms with Crippen molar-refractivity contribution in [3.8, 4) is 23.0 Å². The van der Waals surface area contributed by atoms with E-state index in [-0.39, 0.29) is 58.1 Å². The van der Waals surface area contributed by atoms with E-state index >= 15 is 8.78 Å². The van der Waals surface area contributed by atoms with Gasteiger partial charge in [-0.05, 0) is 148 Å². The quantitative estimate of drug-likeness (QED) is 0.119. The Morgan fingerprint density at radius 1 is 0.875 bits per heavy atom. The molecule has 5 saturated heterocycles. The number of nitrogens with zero attached hydrogens (tertiary/aromatic N) is 8. The number of aromatic nitrogens is 3. The molecule has 2 atom stereocenters. The number of carbonyl (C=O) groups excluding carboxylic acids is 3. The zero-order chi connectivity index (χ0) is 49.7. The number of halogens is 2. The number of amides is 3. The third kappa shape index (κ3) is 8.57. The Morgan fingerprint density at radius 2 is 1.67 bits per heavy atom. The van der Waals surface area contributed by atoms with Crippen molar-refractivity contribution in [1.29, 1.82) is 0 Å². The van der Waals surface area contributed by atoms with Gasteiger partial charge in [-0.2, -0.15) is 9.97 Å². The number of fused-ring (bicyclic) bond motifs is 3. The number of aliphatic hydroxyl groups is 1. The van der Waals surface area contributed by atoms with Crippen molar-refractivity contribution in [2.75, 3.05) is 75.3 Å². The van der Waals surface area contributed by atoms with Crippen LogP contribution in [0.1, 0.15) is 99.5 Å². The van der Waals surface area contributed by atoms with Crippen LogP contribution >= 0.6 is 0 Å². The predicted molar refractivity (Wildman–Crippen MR) is 268 cm³/mol. The number of anilines is 2. The number of β-amino-alcohol motifs (C(OH)–C–C–N with tert-alkyl or cyclic N) is 1. The van der Waals surface area contributed by atoms with Gasteiger partial charge in [0.05, 0.1) is 17.6 Å². The van der Waals surface area contributed by atoms with Crippen LogP contribution in [0.25, 0.3) is 32.9 Å². The molecule has 17 heteroatoms. The van der Waals surface area contributed by atoms with Gasteiger partial charge in [-0.25, -0.2) is 8.78 Å². The molecular formula is C55H63F2N9O6. The predicted octanol–water partition coefficient (Wildman–Crippen LogP) is 6.73. The van der Waals surface area contributed by atoms with Gasteiger partial charge < -0.3 is 34.5 Å². The molecule has 6 aliphatic heterocycles. The minimum absolute atomic E-state index is 0.0146. The smallest absolute Gasteiger partial charge is 0.319 e. The number of hydrogen-bond donors (Lipinski definition) is 3. The van der Waals surface area contributed by atoms with Gasteiger partial charge in [0.25, 0.3) is 5.91 Å². The highest BCUT2D eigenvalue weighted by Crippen LogP contribution is 2.48. The second kappa shape index (κ2) is 17.9. The summed E-state index contributed by atoms with van der Waals surface area (Å²) in [5.41, 5.74) is 2.67. The molecule has 0 radical (unpaired) electrons. The summed E-state index contributed by atoms with van der Waals surface area (Å²) in [6.45, 7) is 12.5. The summed E-state index contributed by atoms with van der Waals surface area (Å²) in [4.78, 5) is 63.0. The minimum Gasteiger partial charge on any atom is -0.508 e. The number of carbonyl (C=O) groups is 3. The Kier molecular flexibility index (Phi) is 11.7. The molecule has 5 aromatic rings. The highest BCUT2D eigenvalue weighted by Gasteiger charge is 2.49. The average molecular weight is 984 g/mol. The highest BCUT2D eigenvalue weighted by molar-refractivity contribution is 6.06. The highest BCUT2D eigenvalue weighted by atomic mass is 19.1. The van der Waals surface area contributed by atoms with E-state index in [4.69, 9.17) is 14.7 Å². The average Bonchev–Trinajstić information content (AvgIpc) is 4.05. The lowest BCUT2D eigenvalue weighted by atomic mass is 9.70. The molecule has 72 heavy (non-hydrogen) atoms. The summed E-state index contributed by atoms with van der Waals surface area (Å²) in [6.07, 6.45) is 10.4. The number of nitrogens with one attached hydrogen (secondary N) is 1. The number of hydrogen-bond acceptors (Lipinski definition) is 13. The van der Waals surface area contributed by atoms with Crippen LogP contribution in [0.4, 0.5) is 20.3 Å². The van der Waals surface area contributed by atoms with Gasteiger partial charge in [-0.15, -0.1) is 0 Å². The van der Waals surface area contributed by atoms with Gasteiger partial charge in [0.15, 0.2) is 5.82 Å². The number of pyridine rings is 1. The number of benzene rings is 3. The van der Waals surface area contributed by atoms with E-state index < -0.39 is 23.3 Å². The molecule has 2 aromatic heterocycles. The summed E-state index contributed by atoms with van der Waals surface area (Å²) in [5, 5.41) is 25.7. The van der Waals surface area contributed by atoms with Gasteiger partial charge in [0.2, 0.25) is 11.8 Å². The largest absolute Gasteiger partial charge is 0.508 e. The van der Waals surface area contributed by atoms with Crippen molar-refractivity contribution in [1.82, 2.24) is 35.0 Å². The molecule has 378 valence electrons. The summed E-state index contributed by atoms with van der Waals surface area (Å²) in [7, 11) is 0. The molecule has 0 bridgehead atoms. The molecule has 8 heterocycles. The number of phenols is 1. The molecule has 1 saturated carbocycles. The molecule has 7 aliphatic rings. The van der Waals surface area contributed by atoms with E-state index in [0.29, 0.717) is 90.1 Å². The summed E-state index contributed by atoms with van der Waals surface area (Å²) >= 11 is 0. The number of imide groups is 1. The number of piperidine rings is 4. The first-order chi connectivity index (χ1) is 34.7. The fraction of sp³-hybridized carbons (Fsp3) is 0.527. The van der Waals surface area contributed by atoms with E-state index in [0.717, 1.165) is 102 Å². The van der Waals surface area contributed by atoms with Crippen LogP contribution in [0.15, 0.2) is 48.7 Å². The molecule has 3 N–H and O–H groups in total. The van der Waals surface area contributed by atoms with Crippen molar-refractivity contribution in [3.05, 3.63) is 77.0 Å². The van der Waals surface area contributed by atoms with Crippen molar-refractivity contribution < 1.29 is 38.1 Å². The van der Waals surface area contributed by atoms with Crippen LogP contribution in [-0.2, 0) is 22.6 Å². The zero-order valence-corrected chi connectivity index (χ0v) is 41.2. The maximum atomic E-state index is 17.2. The lowest BCUT2D eigenvalue weighted by Gasteiger charge is -2.57. The molecule has 3 amide bonds. The van der Waals surface area contributed by atoms with Crippen LogP contribution in [-0.4, -0.2) is 141 Å². The molecule has 3 aromatic carbocycles. The van der Waals surface area contributed by atoms with Crippen molar-refractivity contribution in [3.63, 3.8) is 0 Å². The first-order valence-corrected chi connectivity index (χ1v) is 26.1. The van der Waals surface area contributed by atoms with E-state index in [1.54, 1.807) is 24.0 Å². The fourth-order valence-electron chi connectivity index (χ4n) is 13.0. The Bertz CT molecular complexity index is 3010. The van der Waals surface area contributed by atoms with Gasteiger partial charge in [0, 0.05) is 93.2 Å². The molecule has 6 fully saturated rings. The number of likely N-dealkylation sites (tertiary alicyclic amines) is 2. The number of aryl methyl sites for hydroxylation is 1. The molecule has 12 rings (SSSR count). The summed E-state index contributed by atoms with van der Waals surface area (Å²) in [6, 6.07) is 12.0. The molecule has 1 unspecified atom stereocenters. The second-order valence-corrected chi connectivity index (χ2v) is 22.4. The van der Waals surface area contributed by atoms with Crippen LogP contribution in [0.2, 0.25) is 0 Å². The van der Waals surface area contributed by atoms with Crippen LogP contribution in [0.5, 0.6) is 11.8 Å². The van der Waals surface area contributed by atoms with Crippen LogP contribution in [0, 0.1) is 22.5 Å².